The van der Waals surface area contributed by atoms with Crippen LogP contribution in [0.5, 0.6) is 0 Å². The van der Waals surface area contributed by atoms with E-state index in [2.05, 4.69) is 22.3 Å². The zero-order chi connectivity index (χ0) is 15.4. The number of carbonyl (C=O) groups excluding carboxylic acids is 1. The molecule has 0 spiro atoms. The van der Waals surface area contributed by atoms with Gasteiger partial charge in [-0.2, -0.15) is 5.10 Å². The quantitative estimate of drug-likeness (QED) is 0.858. The summed E-state index contributed by atoms with van der Waals surface area (Å²) in [6.45, 7) is 3.30. The van der Waals surface area contributed by atoms with Gasteiger partial charge < -0.3 is 10.1 Å². The SMILES string of the molecule is C[C@H]1CCCC[C@H]1OCCNC(=O)c1cnn2cccnc12. The molecule has 1 aliphatic rings. The van der Waals surface area contributed by atoms with E-state index in [1.165, 1.54) is 19.3 Å². The summed E-state index contributed by atoms with van der Waals surface area (Å²) in [5.41, 5.74) is 1.06. The summed E-state index contributed by atoms with van der Waals surface area (Å²) >= 11 is 0. The Kier molecular flexibility index (Phi) is 4.68. The van der Waals surface area contributed by atoms with Crippen LogP contribution in [-0.2, 0) is 4.74 Å². The van der Waals surface area contributed by atoms with Crippen molar-refractivity contribution >= 4 is 11.6 Å². The monoisotopic (exact) mass is 302 g/mol. The number of hydrogen-bond acceptors (Lipinski definition) is 4. The molecule has 6 heteroatoms. The summed E-state index contributed by atoms with van der Waals surface area (Å²) in [5.74, 6) is 0.460. The van der Waals surface area contributed by atoms with Gasteiger partial charge in [0.2, 0.25) is 0 Å². The highest BCUT2D eigenvalue weighted by atomic mass is 16.5. The van der Waals surface area contributed by atoms with Crippen LogP contribution in [0, 0.1) is 5.92 Å². The van der Waals surface area contributed by atoms with Gasteiger partial charge in [-0.1, -0.05) is 19.8 Å². The van der Waals surface area contributed by atoms with Gasteiger partial charge in [-0.25, -0.2) is 9.50 Å². The molecule has 22 heavy (non-hydrogen) atoms. The molecule has 2 aromatic heterocycles. The highest BCUT2D eigenvalue weighted by Crippen LogP contribution is 2.25. The van der Waals surface area contributed by atoms with E-state index in [1.54, 1.807) is 29.2 Å². The summed E-state index contributed by atoms with van der Waals surface area (Å²) in [6.07, 6.45) is 10.2. The van der Waals surface area contributed by atoms with Crippen molar-refractivity contribution in [3.05, 3.63) is 30.2 Å². The lowest BCUT2D eigenvalue weighted by atomic mass is 9.88. The van der Waals surface area contributed by atoms with E-state index >= 15 is 0 Å². The first kappa shape index (κ1) is 15.0. The molecule has 0 saturated heterocycles. The minimum absolute atomic E-state index is 0.158. The fraction of sp³-hybridized carbons (Fsp3) is 0.562. The van der Waals surface area contributed by atoms with Crippen molar-refractivity contribution in [3.63, 3.8) is 0 Å². The number of carbonyl (C=O) groups is 1. The van der Waals surface area contributed by atoms with Crippen LogP contribution >= 0.6 is 0 Å². The predicted molar refractivity (Wildman–Crippen MR) is 82.7 cm³/mol. The molecule has 1 saturated carbocycles. The van der Waals surface area contributed by atoms with Crippen LogP contribution in [-0.4, -0.2) is 39.8 Å². The molecule has 0 bridgehead atoms. The lowest BCUT2D eigenvalue weighted by Crippen LogP contribution is -2.31. The first-order valence-electron chi connectivity index (χ1n) is 7.94. The Balaban J connectivity index is 1.48. The van der Waals surface area contributed by atoms with Gasteiger partial charge in [0.15, 0.2) is 5.65 Å². The van der Waals surface area contributed by atoms with E-state index in [0.29, 0.717) is 36.4 Å². The Bertz CT molecular complexity index is 640. The lowest BCUT2D eigenvalue weighted by Gasteiger charge is -2.28. The fourth-order valence-corrected chi connectivity index (χ4v) is 2.99. The van der Waals surface area contributed by atoms with Crippen molar-refractivity contribution in [2.75, 3.05) is 13.2 Å². The number of rotatable bonds is 5. The van der Waals surface area contributed by atoms with Crippen molar-refractivity contribution < 1.29 is 9.53 Å². The molecular formula is C16H22N4O2. The number of aromatic nitrogens is 3. The van der Waals surface area contributed by atoms with E-state index in [0.717, 1.165) is 6.42 Å². The maximum atomic E-state index is 12.2. The summed E-state index contributed by atoms with van der Waals surface area (Å²) in [7, 11) is 0. The lowest BCUT2D eigenvalue weighted by molar-refractivity contribution is -0.00293. The van der Waals surface area contributed by atoms with Gasteiger partial charge in [0.25, 0.3) is 5.91 Å². The molecule has 0 aromatic carbocycles. The number of nitrogens with one attached hydrogen (secondary N) is 1. The number of hydrogen-bond donors (Lipinski definition) is 1. The largest absolute Gasteiger partial charge is 0.376 e. The maximum absolute atomic E-state index is 12.2. The molecule has 1 fully saturated rings. The normalized spacial score (nSPS) is 21.9. The highest BCUT2D eigenvalue weighted by molar-refractivity contribution is 5.99. The summed E-state index contributed by atoms with van der Waals surface area (Å²) < 4.78 is 7.49. The van der Waals surface area contributed by atoms with Crippen molar-refractivity contribution in [1.29, 1.82) is 0 Å². The third-order valence-electron chi connectivity index (χ3n) is 4.28. The van der Waals surface area contributed by atoms with E-state index in [-0.39, 0.29) is 5.91 Å². The Morgan fingerprint density at radius 1 is 1.45 bits per heavy atom. The molecule has 0 radical (unpaired) electrons. The first-order chi connectivity index (χ1) is 10.8. The van der Waals surface area contributed by atoms with Crippen LogP contribution in [0.3, 0.4) is 0 Å². The van der Waals surface area contributed by atoms with E-state index in [1.807, 2.05) is 0 Å². The van der Waals surface area contributed by atoms with Crippen LogP contribution in [0.25, 0.3) is 5.65 Å². The topological polar surface area (TPSA) is 68.5 Å². The molecule has 2 atom stereocenters. The Hall–Kier alpha value is -1.95. The van der Waals surface area contributed by atoms with Crippen molar-refractivity contribution in [1.82, 2.24) is 19.9 Å². The third kappa shape index (κ3) is 3.27. The molecule has 3 rings (SSSR count). The molecule has 118 valence electrons. The van der Waals surface area contributed by atoms with Crippen molar-refractivity contribution in [3.8, 4) is 0 Å². The molecule has 0 aliphatic heterocycles. The Labute approximate surface area is 129 Å². The average Bonchev–Trinajstić information content (AvgIpc) is 2.97. The smallest absolute Gasteiger partial charge is 0.256 e. The molecule has 0 unspecified atom stereocenters. The van der Waals surface area contributed by atoms with Crippen LogP contribution < -0.4 is 5.32 Å². The van der Waals surface area contributed by atoms with Gasteiger partial charge in [-0.3, -0.25) is 4.79 Å². The first-order valence-corrected chi connectivity index (χ1v) is 7.94. The molecule has 2 heterocycles. The standard InChI is InChI=1S/C16H22N4O2/c1-12-5-2-3-6-14(12)22-10-8-18-16(21)13-11-19-20-9-4-7-17-15(13)20/h4,7,9,11-12,14H,2-3,5-6,8,10H2,1H3,(H,18,21)/t12-,14+/m0/s1. The summed E-state index contributed by atoms with van der Waals surface area (Å²) in [5, 5.41) is 6.99. The molecular weight excluding hydrogens is 280 g/mol. The summed E-state index contributed by atoms with van der Waals surface area (Å²) in [4.78, 5) is 16.4. The second-order valence-corrected chi connectivity index (χ2v) is 5.87. The predicted octanol–water partition coefficient (Wildman–Crippen LogP) is 2.05. The zero-order valence-corrected chi connectivity index (χ0v) is 12.9. The van der Waals surface area contributed by atoms with Gasteiger partial charge in [0, 0.05) is 18.9 Å². The van der Waals surface area contributed by atoms with Crippen LogP contribution in [0.15, 0.2) is 24.7 Å². The van der Waals surface area contributed by atoms with Crippen LogP contribution in [0.2, 0.25) is 0 Å². The maximum Gasteiger partial charge on any atom is 0.256 e. The number of nitrogens with zero attached hydrogens (tertiary/aromatic N) is 3. The Morgan fingerprint density at radius 3 is 3.18 bits per heavy atom. The highest BCUT2D eigenvalue weighted by Gasteiger charge is 2.21. The summed E-state index contributed by atoms with van der Waals surface area (Å²) in [6, 6.07) is 1.78. The van der Waals surface area contributed by atoms with E-state index in [4.69, 9.17) is 4.74 Å². The van der Waals surface area contributed by atoms with Crippen LogP contribution in [0.4, 0.5) is 0 Å². The van der Waals surface area contributed by atoms with Crippen molar-refractivity contribution in [2.24, 2.45) is 5.92 Å². The average molecular weight is 302 g/mol. The molecule has 1 N–H and O–H groups in total. The van der Waals surface area contributed by atoms with Gasteiger partial charge >= 0.3 is 0 Å². The second kappa shape index (κ2) is 6.87. The fourth-order valence-electron chi connectivity index (χ4n) is 2.99. The molecule has 6 nitrogen and oxygen atoms in total. The molecule has 1 aliphatic carbocycles. The van der Waals surface area contributed by atoms with Gasteiger partial charge in [0.05, 0.1) is 18.9 Å². The van der Waals surface area contributed by atoms with E-state index in [9.17, 15) is 4.79 Å². The molecule has 1 amide bonds. The van der Waals surface area contributed by atoms with Gasteiger partial charge in [0.1, 0.15) is 5.56 Å². The van der Waals surface area contributed by atoms with Crippen molar-refractivity contribution in [2.45, 2.75) is 38.7 Å². The van der Waals surface area contributed by atoms with Crippen LogP contribution in [0.1, 0.15) is 43.0 Å². The minimum atomic E-state index is -0.158. The van der Waals surface area contributed by atoms with Gasteiger partial charge in [-0.15, -0.1) is 0 Å². The zero-order valence-electron chi connectivity index (χ0n) is 12.9. The third-order valence-corrected chi connectivity index (χ3v) is 4.28. The van der Waals surface area contributed by atoms with Gasteiger partial charge in [-0.05, 0) is 24.8 Å². The van der Waals surface area contributed by atoms with E-state index < -0.39 is 0 Å². The number of fused-ring (bicyclic) bond motifs is 1. The number of ether oxygens (including phenoxy) is 1. The second-order valence-electron chi connectivity index (χ2n) is 5.87. The Morgan fingerprint density at radius 2 is 2.32 bits per heavy atom. The number of amides is 1. The molecule has 2 aromatic rings. The minimum Gasteiger partial charge on any atom is -0.376 e.